The molecule has 0 aliphatic carbocycles. The molecule has 4 nitrogen and oxygen atoms in total. The molecule has 1 aliphatic rings. The first kappa shape index (κ1) is 11.7. The largest absolute Gasteiger partial charge is 0.459 e. The first-order valence-electron chi connectivity index (χ1n) is 5.35. The predicted octanol–water partition coefficient (Wildman–Crippen LogP) is 2.18. The fraction of sp³-hybridized carbons (Fsp3) is 0.545. The van der Waals surface area contributed by atoms with Crippen molar-refractivity contribution in [2.24, 2.45) is 0 Å². The van der Waals surface area contributed by atoms with Crippen LogP contribution in [0.15, 0.2) is 17.1 Å². The lowest BCUT2D eigenvalue weighted by molar-refractivity contribution is -0.106. The maximum atomic E-state index is 11.7. The number of halogens is 1. The molecule has 16 heavy (non-hydrogen) atoms. The zero-order valence-electron chi connectivity index (χ0n) is 8.87. The number of hydrogen-bond donors (Lipinski definition) is 1. The van der Waals surface area contributed by atoms with Crippen LogP contribution in [0.5, 0.6) is 5.75 Å². The second kappa shape index (κ2) is 5.50. The van der Waals surface area contributed by atoms with Gasteiger partial charge >= 0.3 is 0 Å². The maximum Gasteiger partial charge on any atom is 0.223 e. The van der Waals surface area contributed by atoms with Gasteiger partial charge in [0.15, 0.2) is 12.0 Å². The zero-order chi connectivity index (χ0) is 11.4. The van der Waals surface area contributed by atoms with Crippen molar-refractivity contribution >= 4 is 15.9 Å². The molecule has 2 rings (SSSR count). The molecule has 1 N–H and O–H groups in total. The Labute approximate surface area is 102 Å². The lowest BCUT2D eigenvalue weighted by atomic mass is 10.2. The van der Waals surface area contributed by atoms with E-state index in [4.69, 9.17) is 9.47 Å². The summed E-state index contributed by atoms with van der Waals surface area (Å²) in [6.45, 7) is 0.710. The van der Waals surface area contributed by atoms with Gasteiger partial charge in [-0.1, -0.05) is 15.9 Å². The van der Waals surface area contributed by atoms with E-state index in [1.54, 1.807) is 6.20 Å². The van der Waals surface area contributed by atoms with Crippen LogP contribution in [-0.4, -0.2) is 17.9 Å². The minimum atomic E-state index is -0.273. The van der Waals surface area contributed by atoms with Gasteiger partial charge in [-0.3, -0.25) is 4.79 Å². The maximum absolute atomic E-state index is 11.7. The van der Waals surface area contributed by atoms with Gasteiger partial charge in [-0.25, -0.2) is 0 Å². The molecule has 0 radical (unpaired) electrons. The number of aromatic amines is 1. The first-order valence-corrected chi connectivity index (χ1v) is 6.47. The van der Waals surface area contributed by atoms with Crippen LogP contribution in [0.3, 0.4) is 0 Å². The number of H-pyrrole nitrogens is 1. The molecule has 0 bridgehead atoms. The molecule has 1 atom stereocenters. The Hall–Kier alpha value is -0.810. The summed E-state index contributed by atoms with van der Waals surface area (Å²) < 4.78 is 10.9. The van der Waals surface area contributed by atoms with Gasteiger partial charge < -0.3 is 14.5 Å². The molecule has 0 aromatic carbocycles. The Morgan fingerprint density at radius 3 is 3.06 bits per heavy atom. The van der Waals surface area contributed by atoms with Crippen LogP contribution in [-0.2, 0) is 10.1 Å². The van der Waals surface area contributed by atoms with Gasteiger partial charge in [-0.15, -0.1) is 0 Å². The summed E-state index contributed by atoms with van der Waals surface area (Å²) in [5.74, 6) is 0.330. The van der Waals surface area contributed by atoms with Crippen molar-refractivity contribution in [2.45, 2.75) is 30.9 Å². The van der Waals surface area contributed by atoms with Crippen molar-refractivity contribution in [1.29, 1.82) is 0 Å². The molecule has 1 aromatic rings. The molecule has 0 saturated carbocycles. The molecule has 5 heteroatoms. The third kappa shape index (κ3) is 2.86. The summed E-state index contributed by atoms with van der Waals surface area (Å²) in [6, 6.07) is 1.53. The molecule has 1 aromatic heterocycles. The third-order valence-electron chi connectivity index (χ3n) is 2.48. The summed E-state index contributed by atoms with van der Waals surface area (Å²) in [5, 5.41) is 0.627. The summed E-state index contributed by atoms with van der Waals surface area (Å²) in [4.78, 5) is 14.6. The van der Waals surface area contributed by atoms with Crippen molar-refractivity contribution in [3.63, 3.8) is 0 Å². The number of nitrogens with one attached hydrogen (secondary N) is 1. The minimum absolute atomic E-state index is 0.109. The molecule has 1 aliphatic heterocycles. The highest BCUT2D eigenvalue weighted by molar-refractivity contribution is 9.08. The molecule has 2 heterocycles. The molecule has 0 amide bonds. The lowest BCUT2D eigenvalue weighted by Crippen LogP contribution is -2.27. The second-order valence-corrected chi connectivity index (χ2v) is 4.30. The van der Waals surface area contributed by atoms with E-state index in [1.165, 1.54) is 6.07 Å². The number of ether oxygens (including phenoxy) is 2. The van der Waals surface area contributed by atoms with Crippen LogP contribution in [0.25, 0.3) is 0 Å². The van der Waals surface area contributed by atoms with Gasteiger partial charge in [0.25, 0.3) is 0 Å². The van der Waals surface area contributed by atoms with Crippen molar-refractivity contribution in [3.05, 3.63) is 28.2 Å². The monoisotopic (exact) mass is 287 g/mol. The van der Waals surface area contributed by atoms with Crippen LogP contribution in [0.1, 0.15) is 25.0 Å². The lowest BCUT2D eigenvalue weighted by Gasteiger charge is -2.22. The highest BCUT2D eigenvalue weighted by Gasteiger charge is 2.16. The molecule has 0 spiro atoms. The van der Waals surface area contributed by atoms with Crippen molar-refractivity contribution < 1.29 is 9.47 Å². The fourth-order valence-electron chi connectivity index (χ4n) is 1.62. The van der Waals surface area contributed by atoms with E-state index in [9.17, 15) is 4.79 Å². The van der Waals surface area contributed by atoms with E-state index in [1.807, 2.05) is 0 Å². The topological polar surface area (TPSA) is 51.3 Å². The Kier molecular flexibility index (Phi) is 4.01. The van der Waals surface area contributed by atoms with Crippen LogP contribution in [0.4, 0.5) is 0 Å². The second-order valence-electron chi connectivity index (χ2n) is 3.73. The number of aromatic nitrogens is 1. The van der Waals surface area contributed by atoms with Crippen LogP contribution in [0.2, 0.25) is 0 Å². The van der Waals surface area contributed by atoms with Gasteiger partial charge in [0.1, 0.15) is 0 Å². The van der Waals surface area contributed by atoms with E-state index < -0.39 is 0 Å². The Morgan fingerprint density at radius 1 is 1.56 bits per heavy atom. The van der Waals surface area contributed by atoms with Crippen LogP contribution in [0, 0.1) is 0 Å². The van der Waals surface area contributed by atoms with Crippen molar-refractivity contribution in [2.75, 3.05) is 6.61 Å². The molecular formula is C11H14BrNO3. The van der Waals surface area contributed by atoms with Gasteiger partial charge in [0, 0.05) is 29.7 Å². The Balaban J connectivity index is 2.06. The van der Waals surface area contributed by atoms with Crippen molar-refractivity contribution in [3.8, 4) is 5.75 Å². The smallest absolute Gasteiger partial charge is 0.223 e. The fourth-order valence-corrected chi connectivity index (χ4v) is 1.94. The summed E-state index contributed by atoms with van der Waals surface area (Å²) in [5.41, 5.74) is 0.726. The van der Waals surface area contributed by atoms with Gasteiger partial charge in [-0.05, 0) is 12.8 Å². The highest BCUT2D eigenvalue weighted by Crippen LogP contribution is 2.16. The zero-order valence-corrected chi connectivity index (χ0v) is 10.5. The Bertz CT molecular complexity index is 398. The third-order valence-corrected chi connectivity index (χ3v) is 3.08. The van der Waals surface area contributed by atoms with Crippen molar-refractivity contribution in [1.82, 2.24) is 4.98 Å². The molecule has 1 saturated heterocycles. The summed E-state index contributed by atoms with van der Waals surface area (Å²) in [6.07, 6.45) is 4.32. The molecule has 1 unspecified atom stereocenters. The average molecular weight is 288 g/mol. The number of pyridine rings is 1. The number of hydrogen-bond acceptors (Lipinski definition) is 3. The average Bonchev–Trinajstić information content (AvgIpc) is 2.33. The molecule has 88 valence electrons. The predicted molar refractivity (Wildman–Crippen MR) is 63.9 cm³/mol. The van der Waals surface area contributed by atoms with E-state index in [-0.39, 0.29) is 11.7 Å². The number of rotatable bonds is 3. The molecule has 1 fully saturated rings. The quantitative estimate of drug-likeness (QED) is 0.867. The summed E-state index contributed by atoms with van der Waals surface area (Å²) in [7, 11) is 0. The SMILES string of the molecule is O=c1cc(CBr)[nH]cc1OC1CCCCO1. The van der Waals surface area contributed by atoms with E-state index in [0.29, 0.717) is 17.7 Å². The van der Waals surface area contributed by atoms with E-state index in [2.05, 4.69) is 20.9 Å². The van der Waals surface area contributed by atoms with E-state index >= 15 is 0 Å². The number of alkyl halides is 1. The van der Waals surface area contributed by atoms with Gasteiger partial charge in [0.2, 0.25) is 5.43 Å². The Morgan fingerprint density at radius 2 is 2.44 bits per heavy atom. The standard InChI is InChI=1S/C11H14BrNO3/c12-6-8-5-9(14)10(7-13-8)16-11-3-1-2-4-15-11/h5,7,11H,1-4,6H2,(H,13,14). The van der Waals surface area contributed by atoms with Gasteiger partial charge in [-0.2, -0.15) is 0 Å². The van der Waals surface area contributed by atoms with Crippen LogP contribution < -0.4 is 10.2 Å². The minimum Gasteiger partial charge on any atom is -0.459 e. The summed E-state index contributed by atoms with van der Waals surface area (Å²) >= 11 is 3.28. The van der Waals surface area contributed by atoms with E-state index in [0.717, 1.165) is 25.0 Å². The van der Waals surface area contributed by atoms with Crippen LogP contribution >= 0.6 is 15.9 Å². The first-order chi connectivity index (χ1) is 7.79. The normalized spacial score (nSPS) is 20.7. The molecular weight excluding hydrogens is 274 g/mol. The highest BCUT2D eigenvalue weighted by atomic mass is 79.9. The van der Waals surface area contributed by atoms with Gasteiger partial charge in [0.05, 0.1) is 6.61 Å².